The molecule has 0 radical (unpaired) electrons. The van der Waals surface area contributed by atoms with Crippen LogP contribution >= 0.6 is 0 Å². The van der Waals surface area contributed by atoms with Crippen LogP contribution in [0.15, 0.2) is 146 Å². The third kappa shape index (κ3) is 8.87. The Balaban J connectivity index is 0.000000150. The van der Waals surface area contributed by atoms with Crippen molar-refractivity contribution >= 4 is 24.8 Å². The van der Waals surface area contributed by atoms with Gasteiger partial charge in [-0.05, 0) is 28.5 Å². The van der Waals surface area contributed by atoms with Crippen molar-refractivity contribution in [2.45, 2.75) is 52.4 Å². The Kier molecular flexibility index (Phi) is 11.9. The fourth-order valence-electron chi connectivity index (χ4n) is 6.01. The van der Waals surface area contributed by atoms with Gasteiger partial charge < -0.3 is 9.47 Å². The van der Waals surface area contributed by atoms with Gasteiger partial charge in [0.2, 0.25) is 0 Å². The monoisotopic (exact) mass is 824 g/mol. The predicted molar refractivity (Wildman–Crippen MR) is 211 cm³/mol. The van der Waals surface area contributed by atoms with Gasteiger partial charge in [-0.25, -0.2) is 0 Å². The number of benzene rings is 5. The van der Waals surface area contributed by atoms with Crippen molar-refractivity contribution in [3.05, 3.63) is 168 Å². The fraction of sp³-hybridized carbons (Fsp3) is 0.213. The Labute approximate surface area is 313 Å². The number of fused-ring (bicyclic) bond motifs is 3. The first-order valence-corrected chi connectivity index (χ1v) is 19.0. The summed E-state index contributed by atoms with van der Waals surface area (Å²) in [5.41, 5.74) is 8.04. The van der Waals surface area contributed by atoms with Crippen LogP contribution < -0.4 is 9.47 Å². The second kappa shape index (κ2) is 16.1. The molecule has 252 valence electrons. The molecule has 0 aliphatic carbocycles. The zero-order valence-electron chi connectivity index (χ0n) is 30.7. The summed E-state index contributed by atoms with van der Waals surface area (Å²) in [5, 5.41) is 5.48. The molecule has 0 saturated carbocycles. The van der Waals surface area contributed by atoms with Crippen LogP contribution in [0.5, 0.6) is 11.5 Å². The first-order valence-electron chi connectivity index (χ1n) is 17.2. The molecule has 7 aromatic carbocycles. The molecule has 0 atom stereocenters. The summed E-state index contributed by atoms with van der Waals surface area (Å²) in [6, 6.07) is 51.2. The molecule has 50 heavy (non-hydrogen) atoms. The van der Waals surface area contributed by atoms with Gasteiger partial charge in [-0.2, -0.15) is 18.2 Å². The molecule has 0 saturated heterocycles. The molecule has 0 N–H and O–H groups in total. The van der Waals surface area contributed by atoms with Crippen LogP contribution in [0.25, 0.3) is 32.7 Å². The number of hydrogen-bond acceptors (Lipinski definition) is 2. The van der Waals surface area contributed by atoms with E-state index in [4.69, 9.17) is 9.47 Å². The maximum absolute atomic E-state index is 5.33. The number of hydrogen-bond donors (Lipinski definition) is 0. The maximum atomic E-state index is 5.33. The van der Waals surface area contributed by atoms with Crippen LogP contribution in [-0.2, 0) is 34.7 Å². The first-order chi connectivity index (χ1) is 23.9. The Morgan fingerprint density at radius 3 is 1.38 bits per heavy atom. The van der Waals surface area contributed by atoms with Gasteiger partial charge in [0.25, 0.3) is 0 Å². The second-order valence-electron chi connectivity index (χ2n) is 14.6. The van der Waals surface area contributed by atoms with Crippen LogP contribution in [0.4, 0.5) is 0 Å². The molecule has 2 nitrogen and oxygen atoms in total. The van der Waals surface area contributed by atoms with Crippen LogP contribution in [-0.4, -0.2) is 17.5 Å². The second-order valence-corrected chi connectivity index (χ2v) is 16.4. The quantitative estimate of drug-likeness (QED) is 0.127. The van der Waals surface area contributed by atoms with Gasteiger partial charge in [-0.3, -0.25) is 0 Å². The van der Waals surface area contributed by atoms with E-state index in [9.17, 15) is 0 Å². The summed E-state index contributed by atoms with van der Waals surface area (Å²) in [4.78, 5) is 0. The topological polar surface area (TPSA) is 18.5 Å². The summed E-state index contributed by atoms with van der Waals surface area (Å²) in [7, 11) is 3.34. The van der Waals surface area contributed by atoms with E-state index in [0.717, 1.165) is 46.5 Å². The van der Waals surface area contributed by atoms with Crippen LogP contribution in [0, 0.1) is 0 Å². The Morgan fingerprint density at radius 1 is 0.540 bits per heavy atom. The van der Waals surface area contributed by atoms with E-state index in [0.29, 0.717) is 0 Å². The first kappa shape index (κ1) is 36.9. The SMILES string of the molecule is CC(C)(C)c1ccc2c(c1)[cH-]c1cc(C(C)(C)C)ccc12.COc1cccc(OC)c1-c1ccc[cH-]1.[Hf+2]=[C](c1ccccc1)c1ccccc1. The summed E-state index contributed by atoms with van der Waals surface area (Å²) in [6.45, 7) is 13.6. The molecule has 0 aromatic heterocycles. The van der Waals surface area contributed by atoms with Crippen molar-refractivity contribution in [3.63, 3.8) is 0 Å². The fourth-order valence-corrected chi connectivity index (χ4v) is 7.21. The standard InChI is InChI=1S/C21H25.C13H13O2.C13H10.Hf/c1-20(2,3)16-7-9-18-14(12-16)11-15-13-17(21(4,5)6)8-10-19(15)18;1-14-11-8-5-9-12(15-2)13(11)10-6-3-4-7-10;1-3-7-12(8-4-1)11-13-9-5-2-6-10-13;/h7-13H,1-6H3;3-9H,1-2H3;1-10H;/q2*-1;;+2. The molecule has 0 amide bonds. The summed E-state index contributed by atoms with van der Waals surface area (Å²) in [6.07, 6.45) is 0. The van der Waals surface area contributed by atoms with Crippen molar-refractivity contribution in [1.82, 2.24) is 0 Å². The van der Waals surface area contributed by atoms with E-state index in [1.165, 1.54) is 47.1 Å². The third-order valence-electron chi connectivity index (χ3n) is 8.94. The van der Waals surface area contributed by atoms with Gasteiger partial charge in [-0.1, -0.05) is 83.0 Å². The van der Waals surface area contributed by atoms with E-state index < -0.39 is 0 Å². The number of ether oxygens (including phenoxy) is 2. The normalized spacial score (nSPS) is 11.3. The average Bonchev–Trinajstić information content (AvgIpc) is 3.79. The predicted octanol–water partition coefficient (Wildman–Crippen LogP) is 12.2. The van der Waals surface area contributed by atoms with E-state index in [1.54, 1.807) is 14.2 Å². The molecule has 0 bridgehead atoms. The molecule has 0 aliphatic rings. The van der Waals surface area contributed by atoms with E-state index in [-0.39, 0.29) is 10.8 Å². The molecule has 7 rings (SSSR count). The minimum absolute atomic E-state index is 0.203. The van der Waals surface area contributed by atoms with Gasteiger partial charge in [0.1, 0.15) is 0 Å². The van der Waals surface area contributed by atoms with Crippen molar-refractivity contribution in [2.75, 3.05) is 14.2 Å². The molecule has 3 heteroatoms. The van der Waals surface area contributed by atoms with Crippen LogP contribution in [0.2, 0.25) is 0 Å². The summed E-state index contributed by atoms with van der Waals surface area (Å²) < 4.78 is 12.1. The Morgan fingerprint density at radius 2 is 1.00 bits per heavy atom. The van der Waals surface area contributed by atoms with E-state index in [2.05, 4.69) is 145 Å². The molecule has 0 spiro atoms. The van der Waals surface area contributed by atoms with Crippen molar-refractivity contribution in [3.8, 4) is 22.6 Å². The zero-order chi connectivity index (χ0) is 35.9. The zero-order valence-corrected chi connectivity index (χ0v) is 34.3. The minimum atomic E-state index is 0.203. The number of rotatable bonds is 5. The Hall–Kier alpha value is -4.34. The van der Waals surface area contributed by atoms with Gasteiger partial charge in [-0.15, -0.1) is 51.4 Å². The average molecular weight is 823 g/mol. The van der Waals surface area contributed by atoms with E-state index >= 15 is 0 Å². The Bertz CT molecular complexity index is 2010. The van der Waals surface area contributed by atoms with Crippen molar-refractivity contribution in [1.29, 1.82) is 0 Å². The molecule has 7 aromatic rings. The van der Waals surface area contributed by atoms with Crippen molar-refractivity contribution in [2.24, 2.45) is 0 Å². The molecule has 0 unspecified atom stereocenters. The molecule has 0 fully saturated rings. The third-order valence-corrected chi connectivity index (χ3v) is 11.0. The molecular weight excluding hydrogens is 775 g/mol. The van der Waals surface area contributed by atoms with E-state index in [1.807, 2.05) is 42.5 Å². The van der Waals surface area contributed by atoms with Crippen LogP contribution in [0.1, 0.15) is 63.8 Å². The summed E-state index contributed by atoms with van der Waals surface area (Å²) >= 11 is 1.08. The van der Waals surface area contributed by atoms with Crippen LogP contribution in [0.3, 0.4) is 0 Å². The van der Waals surface area contributed by atoms with Gasteiger partial charge >= 0.3 is 98.9 Å². The van der Waals surface area contributed by atoms with Crippen molar-refractivity contribution < 1.29 is 33.4 Å². The van der Waals surface area contributed by atoms with Gasteiger partial charge in [0.05, 0.1) is 25.7 Å². The van der Waals surface area contributed by atoms with Gasteiger partial charge in [0.15, 0.2) is 0 Å². The molecular formula is C47H48HfO2. The van der Waals surface area contributed by atoms with Gasteiger partial charge in [0, 0.05) is 0 Å². The summed E-state index contributed by atoms with van der Waals surface area (Å²) in [5.74, 6) is 1.67. The molecule has 0 heterocycles. The number of methoxy groups -OCH3 is 2. The molecule has 0 aliphatic heterocycles.